The number of benzene rings is 1. The number of hydrogen-bond acceptors (Lipinski definition) is 4. The molecule has 112 valence electrons. The average molecular weight is 288 g/mol. The molecule has 2 rings (SSSR count). The molecule has 5 heteroatoms. The Labute approximate surface area is 124 Å². The molecule has 2 N–H and O–H groups in total. The van der Waals surface area contributed by atoms with Gasteiger partial charge in [-0.3, -0.25) is 4.79 Å². The number of carbonyl (C=O) groups excluding carboxylic acids is 1. The number of hydrogen-bond donors (Lipinski definition) is 2. The molecule has 21 heavy (non-hydrogen) atoms. The van der Waals surface area contributed by atoms with E-state index in [-0.39, 0.29) is 12.5 Å². The number of aliphatic hydroxyl groups excluding tert-OH is 1. The number of furan rings is 1. The van der Waals surface area contributed by atoms with Crippen molar-refractivity contribution >= 4 is 17.3 Å². The van der Waals surface area contributed by atoms with Crippen LogP contribution < -0.4 is 10.2 Å². The van der Waals surface area contributed by atoms with Crippen LogP contribution in [0.5, 0.6) is 0 Å². The lowest BCUT2D eigenvalue weighted by molar-refractivity contribution is 0.0995. The summed E-state index contributed by atoms with van der Waals surface area (Å²) in [6.45, 7) is 4.40. The predicted molar refractivity (Wildman–Crippen MR) is 82.9 cm³/mol. The van der Waals surface area contributed by atoms with E-state index in [1.54, 1.807) is 6.07 Å². The fourth-order valence-electron chi connectivity index (χ4n) is 1.96. The van der Waals surface area contributed by atoms with Crippen LogP contribution in [0.2, 0.25) is 0 Å². The summed E-state index contributed by atoms with van der Waals surface area (Å²) in [5.41, 5.74) is 2.64. The molecular formula is C16H20N2O3. The van der Waals surface area contributed by atoms with E-state index in [0.717, 1.165) is 17.0 Å². The molecule has 0 spiro atoms. The summed E-state index contributed by atoms with van der Waals surface area (Å²) in [6.07, 6.45) is 0. The molecule has 0 fully saturated rings. The first-order chi connectivity index (χ1) is 10.0. The van der Waals surface area contributed by atoms with E-state index in [1.165, 1.54) is 0 Å². The van der Waals surface area contributed by atoms with Crippen molar-refractivity contribution in [3.63, 3.8) is 0 Å². The molecule has 1 heterocycles. The second-order valence-corrected chi connectivity index (χ2v) is 5.00. The van der Waals surface area contributed by atoms with Gasteiger partial charge in [0.2, 0.25) is 0 Å². The normalized spacial score (nSPS) is 10.5. The summed E-state index contributed by atoms with van der Waals surface area (Å²) < 4.78 is 5.39. The number of nitrogens with one attached hydrogen (secondary N) is 1. The fourth-order valence-corrected chi connectivity index (χ4v) is 1.96. The summed E-state index contributed by atoms with van der Waals surface area (Å²) in [4.78, 5) is 14.0. The molecule has 0 aliphatic rings. The van der Waals surface area contributed by atoms with Crippen molar-refractivity contribution in [1.82, 2.24) is 0 Å². The van der Waals surface area contributed by atoms with Crippen molar-refractivity contribution in [2.45, 2.75) is 13.8 Å². The lowest BCUT2D eigenvalue weighted by Gasteiger charge is -2.18. The van der Waals surface area contributed by atoms with E-state index in [9.17, 15) is 4.79 Å². The highest BCUT2D eigenvalue weighted by Crippen LogP contribution is 2.19. The average Bonchev–Trinajstić information content (AvgIpc) is 2.80. The van der Waals surface area contributed by atoms with Gasteiger partial charge in [0.15, 0.2) is 5.76 Å². The number of aryl methyl sites for hydroxylation is 2. The summed E-state index contributed by atoms with van der Waals surface area (Å²) in [5.74, 6) is 0.801. The van der Waals surface area contributed by atoms with Crippen LogP contribution >= 0.6 is 0 Å². The van der Waals surface area contributed by atoms with Crippen LogP contribution in [0.15, 0.2) is 34.7 Å². The number of carbonyl (C=O) groups is 1. The lowest BCUT2D eigenvalue weighted by Crippen LogP contribution is -2.21. The maximum atomic E-state index is 12.1. The zero-order chi connectivity index (χ0) is 15.4. The molecular weight excluding hydrogens is 268 g/mol. The molecule has 0 saturated carbocycles. The van der Waals surface area contributed by atoms with Gasteiger partial charge in [0.25, 0.3) is 5.91 Å². The molecule has 0 unspecified atom stereocenters. The molecule has 0 radical (unpaired) electrons. The highest BCUT2D eigenvalue weighted by Gasteiger charge is 2.12. The van der Waals surface area contributed by atoms with Crippen LogP contribution in [0, 0.1) is 13.8 Å². The Morgan fingerprint density at radius 3 is 2.48 bits per heavy atom. The summed E-state index contributed by atoms with van der Waals surface area (Å²) in [5, 5.41) is 11.7. The Balaban J connectivity index is 2.04. The minimum absolute atomic E-state index is 0.103. The SMILES string of the molecule is Cc1cc(C(=O)Nc2ccc(N(C)CCO)cc2)oc1C. The minimum Gasteiger partial charge on any atom is -0.456 e. The maximum absolute atomic E-state index is 12.1. The maximum Gasteiger partial charge on any atom is 0.291 e. The molecule has 1 aromatic carbocycles. The van der Waals surface area contributed by atoms with Crippen molar-refractivity contribution in [3.05, 3.63) is 47.4 Å². The van der Waals surface area contributed by atoms with E-state index in [2.05, 4.69) is 5.32 Å². The molecule has 0 bridgehead atoms. The number of aliphatic hydroxyl groups is 1. The molecule has 0 aliphatic carbocycles. The lowest BCUT2D eigenvalue weighted by atomic mass is 10.2. The largest absolute Gasteiger partial charge is 0.456 e. The van der Waals surface area contributed by atoms with Crippen LogP contribution in [0.25, 0.3) is 0 Å². The molecule has 0 atom stereocenters. The molecule has 5 nitrogen and oxygen atoms in total. The van der Waals surface area contributed by atoms with E-state index in [0.29, 0.717) is 18.0 Å². The van der Waals surface area contributed by atoms with Crippen molar-refractivity contribution < 1.29 is 14.3 Å². The first-order valence-electron chi connectivity index (χ1n) is 6.81. The molecule has 2 aromatic rings. The Hall–Kier alpha value is -2.27. The van der Waals surface area contributed by atoms with Crippen molar-refractivity contribution in [2.75, 3.05) is 30.4 Å². The van der Waals surface area contributed by atoms with Crippen LogP contribution in [0.1, 0.15) is 21.9 Å². The van der Waals surface area contributed by atoms with Crippen LogP contribution in [-0.4, -0.2) is 31.2 Å². The van der Waals surface area contributed by atoms with Gasteiger partial charge in [0.05, 0.1) is 6.61 Å². The van der Waals surface area contributed by atoms with Crippen LogP contribution in [0.3, 0.4) is 0 Å². The second-order valence-electron chi connectivity index (χ2n) is 5.00. The van der Waals surface area contributed by atoms with Crippen molar-refractivity contribution in [2.24, 2.45) is 0 Å². The quantitative estimate of drug-likeness (QED) is 0.887. The highest BCUT2D eigenvalue weighted by molar-refractivity contribution is 6.02. The Morgan fingerprint density at radius 2 is 1.95 bits per heavy atom. The first-order valence-corrected chi connectivity index (χ1v) is 6.81. The van der Waals surface area contributed by atoms with E-state index in [1.807, 2.05) is 50.1 Å². The van der Waals surface area contributed by atoms with Crippen molar-refractivity contribution in [1.29, 1.82) is 0 Å². The number of likely N-dealkylation sites (N-methyl/N-ethyl adjacent to an activating group) is 1. The van der Waals surface area contributed by atoms with Gasteiger partial charge in [-0.15, -0.1) is 0 Å². The van der Waals surface area contributed by atoms with Gasteiger partial charge < -0.3 is 19.7 Å². The minimum atomic E-state index is -0.261. The third-order valence-electron chi connectivity index (χ3n) is 3.39. The van der Waals surface area contributed by atoms with Crippen LogP contribution in [0.4, 0.5) is 11.4 Å². The monoisotopic (exact) mass is 288 g/mol. The van der Waals surface area contributed by atoms with Crippen LogP contribution in [-0.2, 0) is 0 Å². The Bertz CT molecular complexity index is 597. The Kier molecular flexibility index (Phi) is 4.65. The van der Waals surface area contributed by atoms with Gasteiger partial charge in [0.1, 0.15) is 5.76 Å². The van der Waals surface area contributed by atoms with E-state index < -0.39 is 0 Å². The van der Waals surface area contributed by atoms with Gasteiger partial charge >= 0.3 is 0 Å². The topological polar surface area (TPSA) is 65.7 Å². The van der Waals surface area contributed by atoms with E-state index in [4.69, 9.17) is 9.52 Å². The molecule has 0 aliphatic heterocycles. The summed E-state index contributed by atoms with van der Waals surface area (Å²) in [6, 6.07) is 9.16. The van der Waals surface area contributed by atoms with Gasteiger partial charge in [-0.25, -0.2) is 0 Å². The summed E-state index contributed by atoms with van der Waals surface area (Å²) >= 11 is 0. The molecule has 1 aromatic heterocycles. The first kappa shape index (κ1) is 15.1. The standard InChI is InChI=1S/C16H20N2O3/c1-11-10-15(21-12(11)2)16(20)17-13-4-6-14(7-5-13)18(3)8-9-19/h4-7,10,19H,8-9H2,1-3H3,(H,17,20). The Morgan fingerprint density at radius 1 is 1.29 bits per heavy atom. The van der Waals surface area contributed by atoms with Gasteiger partial charge in [-0.1, -0.05) is 0 Å². The zero-order valence-electron chi connectivity index (χ0n) is 12.5. The summed E-state index contributed by atoms with van der Waals surface area (Å²) in [7, 11) is 1.90. The highest BCUT2D eigenvalue weighted by atomic mass is 16.3. The van der Waals surface area contributed by atoms with Gasteiger partial charge in [-0.2, -0.15) is 0 Å². The van der Waals surface area contributed by atoms with Gasteiger partial charge in [0, 0.05) is 25.0 Å². The van der Waals surface area contributed by atoms with Gasteiger partial charge in [-0.05, 0) is 49.7 Å². The number of anilines is 2. The molecule has 1 amide bonds. The number of amides is 1. The molecule has 0 saturated heterocycles. The van der Waals surface area contributed by atoms with Crippen molar-refractivity contribution in [3.8, 4) is 0 Å². The third kappa shape index (κ3) is 3.64. The third-order valence-corrected chi connectivity index (χ3v) is 3.39. The zero-order valence-corrected chi connectivity index (χ0v) is 12.5. The fraction of sp³-hybridized carbons (Fsp3) is 0.312. The number of nitrogens with zero attached hydrogens (tertiary/aromatic N) is 1. The van der Waals surface area contributed by atoms with E-state index >= 15 is 0 Å². The smallest absolute Gasteiger partial charge is 0.291 e. The predicted octanol–water partition coefficient (Wildman–Crippen LogP) is 2.58. The number of rotatable bonds is 5. The second kappa shape index (κ2) is 6.45.